The quantitative estimate of drug-likeness (QED) is 0.791. The number of carboxylic acid groups (broad SMARTS) is 1. The molecular formula is C11H6F4O3. The molecule has 0 radical (unpaired) electrons. The number of hydrogen-bond donors (Lipinski definition) is 1. The lowest BCUT2D eigenvalue weighted by atomic mass is 10.0. The van der Waals surface area contributed by atoms with E-state index >= 15 is 0 Å². The van der Waals surface area contributed by atoms with Gasteiger partial charge in [0, 0.05) is 5.56 Å². The third-order valence-corrected chi connectivity index (χ3v) is 2.37. The summed E-state index contributed by atoms with van der Waals surface area (Å²) in [4.78, 5) is 10.8. The summed E-state index contributed by atoms with van der Waals surface area (Å²) in [6.07, 6.45) is -6.83. The lowest BCUT2D eigenvalue weighted by Gasteiger charge is -2.27. The molecule has 0 saturated heterocycles. The number of rotatable bonds is 1. The molecule has 1 aliphatic rings. The van der Waals surface area contributed by atoms with Gasteiger partial charge in [0.1, 0.15) is 0 Å². The fourth-order valence-electron chi connectivity index (χ4n) is 1.61. The van der Waals surface area contributed by atoms with Crippen LogP contribution in [0.15, 0.2) is 23.8 Å². The largest absolute Gasteiger partial charge is 0.478 e. The first-order chi connectivity index (χ1) is 8.30. The van der Waals surface area contributed by atoms with Crippen molar-refractivity contribution in [2.24, 2.45) is 0 Å². The van der Waals surface area contributed by atoms with Crippen molar-refractivity contribution in [2.75, 3.05) is 0 Å². The molecule has 1 aromatic carbocycles. The molecule has 3 nitrogen and oxygen atoms in total. The number of fused-ring (bicyclic) bond motifs is 1. The van der Waals surface area contributed by atoms with E-state index in [4.69, 9.17) is 5.11 Å². The highest BCUT2D eigenvalue weighted by atomic mass is 19.4. The third kappa shape index (κ3) is 2.03. The Kier molecular flexibility index (Phi) is 2.76. The Labute approximate surface area is 98.3 Å². The molecule has 18 heavy (non-hydrogen) atoms. The minimum Gasteiger partial charge on any atom is -0.478 e. The van der Waals surface area contributed by atoms with Crippen LogP contribution in [0.2, 0.25) is 0 Å². The van der Waals surface area contributed by atoms with Crippen molar-refractivity contribution in [3.63, 3.8) is 0 Å². The highest BCUT2D eigenvalue weighted by Gasteiger charge is 2.48. The second-order valence-corrected chi connectivity index (χ2v) is 3.60. The fourth-order valence-corrected chi connectivity index (χ4v) is 1.61. The van der Waals surface area contributed by atoms with Crippen LogP contribution in [-0.2, 0) is 4.79 Å². The molecule has 1 aromatic rings. The lowest BCUT2D eigenvalue weighted by molar-refractivity contribution is -0.187. The minimum absolute atomic E-state index is 0.0344. The van der Waals surface area contributed by atoms with Crippen LogP contribution in [-0.4, -0.2) is 23.4 Å². The number of carboxylic acids is 1. The summed E-state index contributed by atoms with van der Waals surface area (Å²) in [7, 11) is 0. The van der Waals surface area contributed by atoms with Crippen molar-refractivity contribution in [1.82, 2.24) is 0 Å². The predicted molar refractivity (Wildman–Crippen MR) is 52.5 cm³/mol. The van der Waals surface area contributed by atoms with Gasteiger partial charge in [-0.3, -0.25) is 0 Å². The Hall–Kier alpha value is -2.05. The molecule has 1 atom stereocenters. The van der Waals surface area contributed by atoms with Gasteiger partial charge in [0.25, 0.3) is 0 Å². The first-order valence-corrected chi connectivity index (χ1v) is 4.77. The number of benzene rings is 1. The maximum Gasteiger partial charge on any atom is 0.430 e. The summed E-state index contributed by atoms with van der Waals surface area (Å²) in [6, 6.07) is 3.46. The van der Waals surface area contributed by atoms with Gasteiger partial charge >= 0.3 is 12.1 Å². The van der Waals surface area contributed by atoms with Gasteiger partial charge in [-0.25, -0.2) is 9.18 Å². The van der Waals surface area contributed by atoms with Crippen molar-refractivity contribution in [3.8, 4) is 5.75 Å². The molecule has 0 aliphatic carbocycles. The van der Waals surface area contributed by atoms with Gasteiger partial charge in [-0.1, -0.05) is 12.1 Å². The van der Waals surface area contributed by atoms with Crippen molar-refractivity contribution in [1.29, 1.82) is 0 Å². The van der Waals surface area contributed by atoms with Gasteiger partial charge < -0.3 is 9.84 Å². The molecule has 0 fully saturated rings. The molecule has 0 aromatic heterocycles. The number of halogens is 4. The Morgan fingerprint density at radius 2 is 2.00 bits per heavy atom. The van der Waals surface area contributed by atoms with Crippen molar-refractivity contribution >= 4 is 12.0 Å². The van der Waals surface area contributed by atoms with Crippen LogP contribution in [0.5, 0.6) is 5.75 Å². The van der Waals surface area contributed by atoms with E-state index in [0.29, 0.717) is 0 Å². The van der Waals surface area contributed by atoms with Gasteiger partial charge in [-0.15, -0.1) is 0 Å². The van der Waals surface area contributed by atoms with Crippen molar-refractivity contribution < 1.29 is 32.2 Å². The first-order valence-electron chi connectivity index (χ1n) is 4.77. The molecule has 0 amide bonds. The fraction of sp³-hybridized carbons (Fsp3) is 0.182. The number of aliphatic carboxylic acids is 1. The summed E-state index contributed by atoms with van der Waals surface area (Å²) >= 11 is 0. The molecule has 1 heterocycles. The van der Waals surface area contributed by atoms with E-state index in [0.717, 1.165) is 12.1 Å². The molecule has 2 rings (SSSR count). The maximum atomic E-state index is 13.3. The van der Waals surface area contributed by atoms with Gasteiger partial charge in [0.2, 0.25) is 6.10 Å². The molecule has 0 bridgehead atoms. The number of hydrogen-bond acceptors (Lipinski definition) is 2. The zero-order valence-corrected chi connectivity index (χ0v) is 8.66. The number of para-hydroxylation sites is 1. The number of ether oxygens (including phenoxy) is 1. The summed E-state index contributed by atoms with van der Waals surface area (Å²) in [5, 5.41) is 8.72. The average Bonchev–Trinajstić information content (AvgIpc) is 2.26. The second kappa shape index (κ2) is 4.01. The van der Waals surface area contributed by atoms with Crippen LogP contribution < -0.4 is 4.74 Å². The zero-order chi connectivity index (χ0) is 13.5. The van der Waals surface area contributed by atoms with E-state index in [1.807, 2.05) is 0 Å². The number of alkyl halides is 3. The summed E-state index contributed by atoms with van der Waals surface area (Å²) in [6.45, 7) is 0. The highest BCUT2D eigenvalue weighted by Crippen LogP contribution is 2.38. The highest BCUT2D eigenvalue weighted by molar-refractivity contribution is 5.95. The first kappa shape index (κ1) is 12.4. The topological polar surface area (TPSA) is 46.5 Å². The van der Waals surface area contributed by atoms with Crippen LogP contribution in [0, 0.1) is 5.82 Å². The molecule has 96 valence electrons. The molecular weight excluding hydrogens is 256 g/mol. The van der Waals surface area contributed by atoms with Gasteiger partial charge in [-0.05, 0) is 12.1 Å². The molecule has 1 aliphatic heterocycles. The van der Waals surface area contributed by atoms with E-state index in [9.17, 15) is 22.4 Å². The molecule has 0 saturated carbocycles. The summed E-state index contributed by atoms with van der Waals surface area (Å²) < 4.78 is 55.6. The van der Waals surface area contributed by atoms with Crippen LogP contribution >= 0.6 is 0 Å². The van der Waals surface area contributed by atoms with Crippen LogP contribution in [0.1, 0.15) is 5.56 Å². The van der Waals surface area contributed by atoms with Gasteiger partial charge in [0.05, 0.1) is 5.57 Å². The molecule has 7 heteroatoms. The van der Waals surface area contributed by atoms with E-state index < -0.39 is 35.4 Å². The van der Waals surface area contributed by atoms with E-state index in [-0.39, 0.29) is 5.56 Å². The SMILES string of the molecule is O=C(O)C1=Cc2cccc(F)c2OC1C(F)(F)F. The second-order valence-electron chi connectivity index (χ2n) is 3.60. The van der Waals surface area contributed by atoms with Crippen LogP contribution in [0.3, 0.4) is 0 Å². The van der Waals surface area contributed by atoms with Gasteiger partial charge in [-0.2, -0.15) is 13.2 Å². The summed E-state index contributed by atoms with van der Waals surface area (Å²) in [5.74, 6) is -3.32. The Bertz CT molecular complexity index is 534. The zero-order valence-electron chi connectivity index (χ0n) is 8.66. The standard InChI is InChI=1S/C11H6F4O3/c12-7-3-1-2-5-4-6(10(16)17)9(11(13,14)15)18-8(5)7/h1-4,9H,(H,16,17). The average molecular weight is 262 g/mol. The van der Waals surface area contributed by atoms with E-state index in [1.165, 1.54) is 12.1 Å². The third-order valence-electron chi connectivity index (χ3n) is 2.37. The Morgan fingerprint density at radius 3 is 2.56 bits per heavy atom. The summed E-state index contributed by atoms with van der Waals surface area (Å²) in [5.41, 5.74) is -1.01. The maximum absolute atomic E-state index is 13.3. The number of carbonyl (C=O) groups is 1. The minimum atomic E-state index is -4.93. The van der Waals surface area contributed by atoms with Crippen molar-refractivity contribution in [2.45, 2.75) is 12.3 Å². The van der Waals surface area contributed by atoms with E-state index in [2.05, 4.69) is 4.74 Å². The predicted octanol–water partition coefficient (Wildman–Crippen LogP) is 2.62. The smallest absolute Gasteiger partial charge is 0.430 e. The normalized spacial score (nSPS) is 18.7. The molecule has 0 spiro atoms. The molecule has 1 unspecified atom stereocenters. The van der Waals surface area contributed by atoms with Crippen LogP contribution in [0.25, 0.3) is 6.08 Å². The van der Waals surface area contributed by atoms with E-state index in [1.54, 1.807) is 0 Å². The monoisotopic (exact) mass is 262 g/mol. The lowest BCUT2D eigenvalue weighted by Crippen LogP contribution is -2.40. The Balaban J connectivity index is 2.57. The van der Waals surface area contributed by atoms with Crippen molar-refractivity contribution in [3.05, 3.63) is 35.2 Å². The van der Waals surface area contributed by atoms with Gasteiger partial charge in [0.15, 0.2) is 11.6 Å². The Morgan fingerprint density at radius 1 is 1.33 bits per heavy atom. The van der Waals surface area contributed by atoms with Crippen LogP contribution in [0.4, 0.5) is 17.6 Å². The molecule has 1 N–H and O–H groups in total.